The lowest BCUT2D eigenvalue weighted by Crippen LogP contribution is -2.22. The zero-order chi connectivity index (χ0) is 29.0. The van der Waals surface area contributed by atoms with Gasteiger partial charge in [0.2, 0.25) is 5.91 Å². The lowest BCUT2D eigenvalue weighted by molar-refractivity contribution is -0.121. The van der Waals surface area contributed by atoms with Crippen LogP contribution in [0.1, 0.15) is 51.4 Å². The van der Waals surface area contributed by atoms with Crippen molar-refractivity contribution in [2.45, 2.75) is 53.0 Å². The number of ether oxygens (including phenoxy) is 1. The molecule has 3 aromatic rings. The Morgan fingerprint density at radius 3 is 2.26 bits per heavy atom. The van der Waals surface area contributed by atoms with Crippen LogP contribution in [0.2, 0.25) is 0 Å². The first-order valence-electron chi connectivity index (χ1n) is 12.5. The van der Waals surface area contributed by atoms with Crippen molar-refractivity contribution in [3.63, 3.8) is 0 Å². The molecule has 0 aliphatic carbocycles. The molecular weight excluding hydrogens is 492 g/mol. The van der Waals surface area contributed by atoms with E-state index in [2.05, 4.69) is 53.6 Å². The molecule has 0 saturated carbocycles. The molecule has 0 bridgehead atoms. The van der Waals surface area contributed by atoms with Crippen LogP contribution in [0.15, 0.2) is 86.2 Å². The van der Waals surface area contributed by atoms with Crippen LogP contribution >= 0.6 is 12.6 Å². The van der Waals surface area contributed by atoms with Gasteiger partial charge in [-0.15, -0.1) is 23.2 Å². The van der Waals surface area contributed by atoms with E-state index < -0.39 is 0 Å². The van der Waals surface area contributed by atoms with Crippen LogP contribution in [0.5, 0.6) is 5.75 Å². The number of amides is 1. The van der Waals surface area contributed by atoms with Gasteiger partial charge in [-0.1, -0.05) is 68.8 Å². The third-order valence-electron chi connectivity index (χ3n) is 4.49. The molecule has 3 rings (SSSR count). The van der Waals surface area contributed by atoms with Crippen molar-refractivity contribution in [2.24, 2.45) is 0 Å². The van der Waals surface area contributed by atoms with E-state index in [0.717, 1.165) is 42.1 Å². The summed E-state index contributed by atoms with van der Waals surface area (Å²) >= 11 is 3.53. The van der Waals surface area contributed by atoms with E-state index in [-0.39, 0.29) is 5.91 Å². The second-order valence-corrected chi connectivity index (χ2v) is 7.03. The number of para-hydroxylation sites is 2. The number of thiol groups is 1. The molecular formula is C31H44N4O2S. The molecule has 6 nitrogen and oxygen atoms in total. The van der Waals surface area contributed by atoms with Gasteiger partial charge in [-0.2, -0.15) is 12.6 Å². The monoisotopic (exact) mass is 536 g/mol. The highest BCUT2D eigenvalue weighted by molar-refractivity contribution is 7.79. The van der Waals surface area contributed by atoms with Gasteiger partial charge in [0, 0.05) is 30.6 Å². The number of hydrogen-bond acceptors (Lipinski definition) is 5. The van der Waals surface area contributed by atoms with Crippen molar-refractivity contribution < 1.29 is 9.53 Å². The second-order valence-electron chi connectivity index (χ2n) is 7.03. The highest BCUT2D eigenvalue weighted by Gasteiger charge is 2.08. The van der Waals surface area contributed by atoms with E-state index in [1.165, 1.54) is 6.08 Å². The summed E-state index contributed by atoms with van der Waals surface area (Å²) in [6.45, 7) is 13.0. The third-order valence-corrected chi connectivity index (χ3v) is 4.49. The Labute approximate surface area is 235 Å². The zero-order valence-electron chi connectivity index (χ0n) is 23.6. The Morgan fingerprint density at radius 1 is 1.11 bits per heavy atom. The normalized spacial score (nSPS) is 8.55. The minimum absolute atomic E-state index is 0.0467. The van der Waals surface area contributed by atoms with E-state index in [9.17, 15) is 4.79 Å². The summed E-state index contributed by atoms with van der Waals surface area (Å²) in [5.41, 5.74) is 2.02. The number of aryl methyl sites for hydroxylation is 1. The van der Waals surface area contributed by atoms with Gasteiger partial charge in [0.1, 0.15) is 17.9 Å². The molecule has 38 heavy (non-hydrogen) atoms. The fourth-order valence-corrected chi connectivity index (χ4v) is 2.93. The van der Waals surface area contributed by atoms with Crippen LogP contribution < -0.4 is 10.1 Å². The van der Waals surface area contributed by atoms with Crippen LogP contribution in [0.25, 0.3) is 5.69 Å². The van der Waals surface area contributed by atoms with Crippen LogP contribution in [0, 0.1) is 12.3 Å². The maximum absolute atomic E-state index is 12.1. The Kier molecular flexibility index (Phi) is 25.2. The average Bonchev–Trinajstić information content (AvgIpc) is 3.46. The topological polar surface area (TPSA) is 69.0 Å². The number of aromatic nitrogens is 3. The summed E-state index contributed by atoms with van der Waals surface area (Å²) in [6.07, 6.45) is 14.2. The number of nitrogens with one attached hydrogen (secondary N) is 1. The number of hydrogen-bond donors (Lipinski definition) is 2. The summed E-state index contributed by atoms with van der Waals surface area (Å²) in [5.74, 6) is 3.94. The number of allylic oxidation sites excluding steroid dienone is 2. The molecule has 0 atom stereocenters. The van der Waals surface area contributed by atoms with Gasteiger partial charge < -0.3 is 10.1 Å². The molecule has 0 saturated heterocycles. The molecule has 1 aromatic heterocycles. The number of carbonyl (C=O) groups excluding carboxylic acids is 1. The van der Waals surface area contributed by atoms with Gasteiger partial charge >= 0.3 is 0 Å². The van der Waals surface area contributed by atoms with Crippen molar-refractivity contribution >= 4 is 18.5 Å². The van der Waals surface area contributed by atoms with E-state index in [0.29, 0.717) is 13.0 Å². The van der Waals surface area contributed by atoms with Crippen molar-refractivity contribution in [3.8, 4) is 23.8 Å². The molecule has 0 spiro atoms. The van der Waals surface area contributed by atoms with Gasteiger partial charge in [-0.05, 0) is 50.3 Å². The molecule has 2 aromatic carbocycles. The molecule has 1 N–H and O–H groups in total. The Bertz CT molecular complexity index is 1040. The van der Waals surface area contributed by atoms with E-state index in [4.69, 9.17) is 4.74 Å². The number of unbranched alkanes of at least 4 members (excludes halogenated alkanes) is 1. The van der Waals surface area contributed by atoms with Crippen molar-refractivity contribution in [1.82, 2.24) is 20.1 Å². The number of benzene rings is 2. The number of terminal acetylenes is 1. The van der Waals surface area contributed by atoms with E-state index >= 15 is 0 Å². The van der Waals surface area contributed by atoms with Gasteiger partial charge in [-0.25, -0.2) is 0 Å². The molecule has 1 heterocycles. The van der Waals surface area contributed by atoms with Crippen LogP contribution in [-0.4, -0.2) is 34.0 Å². The van der Waals surface area contributed by atoms with Crippen LogP contribution in [0.3, 0.4) is 0 Å². The first-order chi connectivity index (χ1) is 18.6. The van der Waals surface area contributed by atoms with Gasteiger partial charge in [0.25, 0.3) is 0 Å². The summed E-state index contributed by atoms with van der Waals surface area (Å²) in [7, 11) is 1.63. The Hall–Kier alpha value is -3.76. The number of nitrogens with zero attached hydrogens (tertiary/aromatic N) is 3. The lowest BCUT2D eigenvalue weighted by Gasteiger charge is -2.09. The number of rotatable bonds is 9. The maximum Gasteiger partial charge on any atom is 0.220 e. The Balaban J connectivity index is 0. The van der Waals surface area contributed by atoms with Gasteiger partial charge in [0.15, 0.2) is 0 Å². The highest BCUT2D eigenvalue weighted by atomic mass is 32.1. The predicted molar refractivity (Wildman–Crippen MR) is 165 cm³/mol. The summed E-state index contributed by atoms with van der Waals surface area (Å²) < 4.78 is 7.29. The fourth-order valence-electron chi connectivity index (χ4n) is 2.93. The van der Waals surface area contributed by atoms with E-state index in [1.807, 2.05) is 79.9 Å². The average molecular weight is 537 g/mol. The second kappa shape index (κ2) is 26.3. The van der Waals surface area contributed by atoms with Gasteiger partial charge in [-0.3, -0.25) is 9.36 Å². The SMILES string of the molecule is C#CC=C.C=CC.CC.COc1ccccc1CNC(=O)CCCCc1nncn1-c1ccccc1.CS. The lowest BCUT2D eigenvalue weighted by atomic mass is 10.1. The van der Waals surface area contributed by atoms with Crippen molar-refractivity contribution in [2.75, 3.05) is 13.4 Å². The minimum atomic E-state index is 0.0467. The molecule has 0 radical (unpaired) electrons. The summed E-state index contributed by atoms with van der Waals surface area (Å²) in [5, 5.41) is 11.2. The van der Waals surface area contributed by atoms with Crippen LogP contribution in [-0.2, 0) is 17.8 Å². The first kappa shape index (κ1) is 36.4. The quantitative estimate of drug-likeness (QED) is 0.135. The van der Waals surface area contributed by atoms with Crippen LogP contribution in [0.4, 0.5) is 0 Å². The largest absolute Gasteiger partial charge is 0.496 e. The smallest absolute Gasteiger partial charge is 0.220 e. The molecule has 0 aliphatic rings. The summed E-state index contributed by atoms with van der Waals surface area (Å²) in [4.78, 5) is 12.1. The number of methoxy groups -OCH3 is 1. The maximum atomic E-state index is 12.1. The molecule has 1 amide bonds. The summed E-state index contributed by atoms with van der Waals surface area (Å²) in [6, 6.07) is 17.7. The standard InChI is InChI=1S/C21H24N4O2.C4H4.C3H6.C2H6.CH4S/c1-27-19-12-6-5-9-17(19)15-22-21(26)14-8-7-13-20-24-23-16-25(20)18-10-3-2-4-11-18;1-3-4-2;1-3-2;2*1-2/h2-6,9-12,16H,7-8,13-15H2,1H3,(H,22,26);1,4H,2H2;3H,1H2,2H3;1-2H3;2H,1H3. The Morgan fingerprint density at radius 2 is 1.68 bits per heavy atom. The van der Waals surface area contributed by atoms with Crippen molar-refractivity contribution in [3.05, 3.63) is 97.6 Å². The van der Waals surface area contributed by atoms with Gasteiger partial charge in [0.05, 0.1) is 7.11 Å². The molecule has 206 valence electrons. The minimum Gasteiger partial charge on any atom is -0.496 e. The van der Waals surface area contributed by atoms with Crippen molar-refractivity contribution in [1.29, 1.82) is 0 Å². The molecule has 0 unspecified atom stereocenters. The third kappa shape index (κ3) is 16.1. The highest BCUT2D eigenvalue weighted by Crippen LogP contribution is 2.17. The first-order valence-corrected chi connectivity index (χ1v) is 13.4. The zero-order valence-corrected chi connectivity index (χ0v) is 24.5. The molecule has 7 heteroatoms. The molecule has 0 aliphatic heterocycles. The number of carbonyl (C=O) groups is 1. The molecule has 0 fully saturated rings. The van der Waals surface area contributed by atoms with E-state index in [1.54, 1.807) is 25.8 Å². The fraction of sp³-hybridized carbons (Fsp3) is 0.323. The predicted octanol–water partition coefficient (Wildman–Crippen LogP) is 6.88.